The Morgan fingerprint density at radius 1 is 1.24 bits per heavy atom. The van der Waals surface area contributed by atoms with Gasteiger partial charge < -0.3 is 5.11 Å². The van der Waals surface area contributed by atoms with E-state index < -0.39 is 0 Å². The van der Waals surface area contributed by atoms with Crippen molar-refractivity contribution in [1.82, 2.24) is 4.98 Å². The van der Waals surface area contributed by atoms with Crippen LogP contribution in [0.1, 0.15) is 37.7 Å². The van der Waals surface area contributed by atoms with Gasteiger partial charge in [-0.25, -0.2) is 0 Å². The SMILES string of the molecule is OC(CCCCc1c(Cl)cncc1Cl)C1CC1. The van der Waals surface area contributed by atoms with Crippen LogP contribution in [-0.2, 0) is 6.42 Å². The van der Waals surface area contributed by atoms with Crippen molar-refractivity contribution in [3.05, 3.63) is 28.0 Å². The molecule has 1 unspecified atom stereocenters. The lowest BCUT2D eigenvalue weighted by Crippen LogP contribution is -2.08. The van der Waals surface area contributed by atoms with E-state index in [1.54, 1.807) is 12.4 Å². The summed E-state index contributed by atoms with van der Waals surface area (Å²) >= 11 is 12.1. The van der Waals surface area contributed by atoms with Crippen molar-refractivity contribution >= 4 is 23.2 Å². The Morgan fingerprint density at radius 2 is 1.88 bits per heavy atom. The Labute approximate surface area is 112 Å². The second kappa shape index (κ2) is 6.03. The fraction of sp³-hybridized carbons (Fsp3) is 0.615. The summed E-state index contributed by atoms with van der Waals surface area (Å²) in [4.78, 5) is 3.93. The van der Waals surface area contributed by atoms with Crippen molar-refractivity contribution in [1.29, 1.82) is 0 Å². The van der Waals surface area contributed by atoms with Crippen molar-refractivity contribution in [3.8, 4) is 0 Å². The molecule has 1 fully saturated rings. The van der Waals surface area contributed by atoms with E-state index in [1.807, 2.05) is 0 Å². The van der Waals surface area contributed by atoms with Crippen LogP contribution >= 0.6 is 23.2 Å². The standard InChI is InChI=1S/C13H17Cl2NO/c14-11-7-16-8-12(15)10(11)3-1-2-4-13(17)9-5-6-9/h7-9,13,17H,1-6H2. The molecule has 4 heteroatoms. The van der Waals surface area contributed by atoms with Gasteiger partial charge in [-0.05, 0) is 43.6 Å². The zero-order chi connectivity index (χ0) is 12.3. The molecule has 1 saturated carbocycles. The number of aliphatic hydroxyl groups is 1. The monoisotopic (exact) mass is 273 g/mol. The molecule has 1 aliphatic carbocycles. The zero-order valence-corrected chi connectivity index (χ0v) is 11.2. The molecule has 0 amide bonds. The van der Waals surface area contributed by atoms with Gasteiger partial charge in [-0.1, -0.05) is 29.6 Å². The smallest absolute Gasteiger partial charge is 0.0636 e. The van der Waals surface area contributed by atoms with Crippen LogP contribution in [0.3, 0.4) is 0 Å². The molecule has 0 radical (unpaired) electrons. The number of aromatic nitrogens is 1. The molecular weight excluding hydrogens is 257 g/mol. The third kappa shape index (κ3) is 3.84. The van der Waals surface area contributed by atoms with E-state index in [2.05, 4.69) is 4.98 Å². The van der Waals surface area contributed by atoms with Gasteiger partial charge in [0.1, 0.15) is 0 Å². The summed E-state index contributed by atoms with van der Waals surface area (Å²) in [6.45, 7) is 0. The molecule has 1 N–H and O–H groups in total. The van der Waals surface area contributed by atoms with Crippen LogP contribution < -0.4 is 0 Å². The lowest BCUT2D eigenvalue weighted by molar-refractivity contribution is 0.138. The summed E-state index contributed by atoms with van der Waals surface area (Å²) in [6.07, 6.45) is 9.33. The molecule has 1 aromatic heterocycles. The van der Waals surface area contributed by atoms with Crippen LogP contribution in [0.15, 0.2) is 12.4 Å². The Morgan fingerprint density at radius 3 is 2.47 bits per heavy atom. The number of pyridine rings is 1. The molecule has 17 heavy (non-hydrogen) atoms. The van der Waals surface area contributed by atoms with Crippen LogP contribution in [0.25, 0.3) is 0 Å². The minimum absolute atomic E-state index is 0.0987. The predicted octanol–water partition coefficient (Wildman–Crippen LogP) is 3.87. The minimum Gasteiger partial charge on any atom is -0.393 e. The lowest BCUT2D eigenvalue weighted by atomic mass is 10.0. The van der Waals surface area contributed by atoms with Crippen molar-refractivity contribution in [2.24, 2.45) is 5.92 Å². The van der Waals surface area contributed by atoms with Crippen molar-refractivity contribution in [2.45, 2.75) is 44.6 Å². The summed E-state index contributed by atoms with van der Waals surface area (Å²) in [5.41, 5.74) is 0.976. The summed E-state index contributed by atoms with van der Waals surface area (Å²) in [5, 5.41) is 11.0. The summed E-state index contributed by atoms with van der Waals surface area (Å²) in [5.74, 6) is 0.572. The van der Waals surface area contributed by atoms with Gasteiger partial charge in [-0.3, -0.25) is 4.98 Å². The predicted molar refractivity (Wildman–Crippen MR) is 70.5 cm³/mol. The Hall–Kier alpha value is -0.310. The molecule has 1 atom stereocenters. The molecule has 0 aliphatic heterocycles. The number of hydrogen-bond donors (Lipinski definition) is 1. The third-order valence-electron chi connectivity index (χ3n) is 3.30. The van der Waals surface area contributed by atoms with Gasteiger partial charge in [-0.15, -0.1) is 0 Å². The molecule has 1 aromatic rings. The van der Waals surface area contributed by atoms with Crippen LogP contribution in [0.2, 0.25) is 10.0 Å². The van der Waals surface area contributed by atoms with Crippen LogP contribution in [0.4, 0.5) is 0 Å². The largest absolute Gasteiger partial charge is 0.393 e. The highest BCUT2D eigenvalue weighted by Gasteiger charge is 2.28. The highest BCUT2D eigenvalue weighted by molar-refractivity contribution is 6.35. The van der Waals surface area contributed by atoms with E-state index in [9.17, 15) is 5.11 Å². The number of aliphatic hydroxyl groups excluding tert-OH is 1. The molecular formula is C13H17Cl2NO. The van der Waals surface area contributed by atoms with E-state index in [4.69, 9.17) is 23.2 Å². The third-order valence-corrected chi connectivity index (χ3v) is 3.95. The molecule has 1 aliphatic rings. The van der Waals surface area contributed by atoms with E-state index in [-0.39, 0.29) is 6.10 Å². The summed E-state index contributed by atoms with van der Waals surface area (Å²) < 4.78 is 0. The van der Waals surface area contributed by atoms with Crippen molar-refractivity contribution < 1.29 is 5.11 Å². The second-order valence-electron chi connectivity index (χ2n) is 4.73. The Bertz CT molecular complexity index is 359. The molecule has 0 aromatic carbocycles. The minimum atomic E-state index is -0.0987. The number of halogens is 2. The Kier molecular flexibility index (Phi) is 4.66. The fourth-order valence-corrected chi connectivity index (χ4v) is 2.60. The molecule has 2 nitrogen and oxygen atoms in total. The normalized spacial score (nSPS) is 17.1. The molecule has 0 bridgehead atoms. The maximum Gasteiger partial charge on any atom is 0.0636 e. The maximum atomic E-state index is 9.73. The first-order valence-electron chi connectivity index (χ1n) is 6.14. The van der Waals surface area contributed by atoms with Gasteiger partial charge in [-0.2, -0.15) is 0 Å². The molecule has 0 spiro atoms. The van der Waals surface area contributed by atoms with Crippen molar-refractivity contribution in [3.63, 3.8) is 0 Å². The van der Waals surface area contributed by atoms with Gasteiger partial charge in [0.25, 0.3) is 0 Å². The van der Waals surface area contributed by atoms with E-state index in [0.29, 0.717) is 16.0 Å². The number of hydrogen-bond acceptors (Lipinski definition) is 2. The fourth-order valence-electron chi connectivity index (χ4n) is 2.05. The number of rotatable bonds is 6. The molecule has 0 saturated heterocycles. The van der Waals surface area contributed by atoms with Crippen LogP contribution in [0, 0.1) is 5.92 Å². The number of unbranched alkanes of at least 4 members (excludes halogenated alkanes) is 1. The topological polar surface area (TPSA) is 33.1 Å². The first-order chi connectivity index (χ1) is 8.18. The van der Waals surface area contributed by atoms with E-state index in [0.717, 1.165) is 31.2 Å². The summed E-state index contributed by atoms with van der Waals surface area (Å²) in [7, 11) is 0. The van der Waals surface area contributed by atoms with Gasteiger partial charge in [0.2, 0.25) is 0 Å². The van der Waals surface area contributed by atoms with E-state index >= 15 is 0 Å². The van der Waals surface area contributed by atoms with Gasteiger partial charge in [0, 0.05) is 12.4 Å². The highest BCUT2D eigenvalue weighted by Crippen LogP contribution is 2.34. The molecule has 1 heterocycles. The lowest BCUT2D eigenvalue weighted by Gasteiger charge is -2.09. The first kappa shape index (κ1) is 13.1. The van der Waals surface area contributed by atoms with E-state index in [1.165, 1.54) is 12.8 Å². The van der Waals surface area contributed by atoms with Crippen LogP contribution in [0.5, 0.6) is 0 Å². The quantitative estimate of drug-likeness (QED) is 0.799. The average molecular weight is 274 g/mol. The molecule has 2 rings (SSSR count). The first-order valence-corrected chi connectivity index (χ1v) is 6.90. The number of nitrogens with zero attached hydrogens (tertiary/aromatic N) is 1. The summed E-state index contributed by atoms with van der Waals surface area (Å²) in [6, 6.07) is 0. The van der Waals surface area contributed by atoms with Crippen LogP contribution in [-0.4, -0.2) is 16.2 Å². The maximum absolute atomic E-state index is 9.73. The van der Waals surface area contributed by atoms with Gasteiger partial charge in [0.05, 0.1) is 16.1 Å². The zero-order valence-electron chi connectivity index (χ0n) is 9.70. The highest BCUT2D eigenvalue weighted by atomic mass is 35.5. The van der Waals surface area contributed by atoms with Crippen molar-refractivity contribution in [2.75, 3.05) is 0 Å². The Balaban J connectivity index is 1.74. The molecule has 94 valence electrons. The van der Waals surface area contributed by atoms with Gasteiger partial charge in [0.15, 0.2) is 0 Å². The van der Waals surface area contributed by atoms with Gasteiger partial charge >= 0.3 is 0 Å². The average Bonchev–Trinajstić information content (AvgIpc) is 3.11. The second-order valence-corrected chi connectivity index (χ2v) is 5.55.